The van der Waals surface area contributed by atoms with Crippen LogP contribution in [-0.4, -0.2) is 41.1 Å². The number of carbonyl (C=O) groups is 2. The number of aromatic nitrogens is 1. The molecule has 0 radical (unpaired) electrons. The molecular formula is C23H26ClN5O2S. The maximum Gasteiger partial charge on any atom is 0.251 e. The Morgan fingerprint density at radius 3 is 2.78 bits per heavy atom. The van der Waals surface area contributed by atoms with Crippen LogP contribution in [0.4, 0.5) is 10.8 Å². The van der Waals surface area contributed by atoms with Gasteiger partial charge in [0.05, 0.1) is 18.2 Å². The fraction of sp³-hybridized carbons (Fsp3) is 0.391. The molecule has 1 aromatic heterocycles. The van der Waals surface area contributed by atoms with E-state index in [1.165, 1.54) is 36.8 Å². The SMILES string of the molecule is C=C1c2ccc(C(=O)NC)cc2N=CN1C(CC1CCCCC1)C(=O)Nc1ncc(Cl)s1. The molecule has 2 amide bonds. The number of nitrogens with one attached hydrogen (secondary N) is 2. The summed E-state index contributed by atoms with van der Waals surface area (Å²) >= 11 is 7.22. The third-order valence-electron chi connectivity index (χ3n) is 6.06. The van der Waals surface area contributed by atoms with E-state index in [9.17, 15) is 9.59 Å². The van der Waals surface area contributed by atoms with Gasteiger partial charge in [-0.1, -0.05) is 61.6 Å². The van der Waals surface area contributed by atoms with Crippen molar-refractivity contribution in [1.29, 1.82) is 0 Å². The first kappa shape index (κ1) is 22.5. The molecule has 9 heteroatoms. The maximum atomic E-state index is 13.3. The number of hydrogen-bond donors (Lipinski definition) is 2. The molecule has 2 aliphatic rings. The van der Waals surface area contributed by atoms with Gasteiger partial charge >= 0.3 is 0 Å². The molecule has 7 nitrogen and oxygen atoms in total. The van der Waals surface area contributed by atoms with Crippen LogP contribution in [-0.2, 0) is 4.79 Å². The number of aliphatic imine (C=N–C) groups is 1. The van der Waals surface area contributed by atoms with E-state index < -0.39 is 6.04 Å². The number of carbonyl (C=O) groups excluding carboxylic acids is 2. The molecule has 0 spiro atoms. The quantitative estimate of drug-likeness (QED) is 0.615. The summed E-state index contributed by atoms with van der Waals surface area (Å²) in [7, 11) is 1.59. The van der Waals surface area contributed by atoms with Crippen molar-refractivity contribution in [2.24, 2.45) is 10.9 Å². The van der Waals surface area contributed by atoms with Crippen LogP contribution in [0.15, 0.2) is 36.0 Å². The molecule has 168 valence electrons. The molecule has 1 fully saturated rings. The summed E-state index contributed by atoms with van der Waals surface area (Å²) in [6.07, 6.45) is 9.78. The third-order valence-corrected chi connectivity index (χ3v) is 7.09. The van der Waals surface area contributed by atoms with E-state index in [0.29, 0.717) is 38.8 Å². The fourth-order valence-corrected chi connectivity index (χ4v) is 5.17. The second-order valence-corrected chi connectivity index (χ2v) is 9.79. The molecule has 2 N–H and O–H groups in total. The van der Waals surface area contributed by atoms with Crippen LogP contribution in [0.2, 0.25) is 4.34 Å². The minimum Gasteiger partial charge on any atom is -0.355 e. The summed E-state index contributed by atoms with van der Waals surface area (Å²) in [5, 5.41) is 6.01. The van der Waals surface area contributed by atoms with Gasteiger partial charge in [0.2, 0.25) is 5.91 Å². The summed E-state index contributed by atoms with van der Waals surface area (Å²) in [6.45, 7) is 4.26. The molecule has 1 aliphatic carbocycles. The van der Waals surface area contributed by atoms with Crippen molar-refractivity contribution >= 4 is 57.6 Å². The van der Waals surface area contributed by atoms with Crippen molar-refractivity contribution in [3.8, 4) is 0 Å². The van der Waals surface area contributed by atoms with Crippen LogP contribution in [0, 0.1) is 5.92 Å². The first-order valence-corrected chi connectivity index (χ1v) is 12.0. The average molecular weight is 472 g/mol. The first-order chi connectivity index (χ1) is 15.5. The number of thiazole rings is 1. The standard InChI is InChI=1S/C23H26ClN5O2S/c1-14-17-9-8-16(21(30)25-2)11-18(17)27-13-29(14)19(10-15-6-4-3-5-7-15)22(31)28-23-26-12-20(24)32-23/h8-9,11-13,15,19H,1,3-7,10H2,2H3,(H,25,30)(H,26,28,31). The summed E-state index contributed by atoms with van der Waals surface area (Å²) in [6, 6.07) is 4.85. The zero-order chi connectivity index (χ0) is 22.7. The Labute approximate surface area is 196 Å². The lowest BCUT2D eigenvalue weighted by molar-refractivity contribution is -0.119. The van der Waals surface area contributed by atoms with Gasteiger partial charge in [-0.25, -0.2) is 9.98 Å². The van der Waals surface area contributed by atoms with Gasteiger partial charge in [0.25, 0.3) is 5.91 Å². The number of halogens is 1. The van der Waals surface area contributed by atoms with Gasteiger partial charge in [-0.2, -0.15) is 0 Å². The number of fused-ring (bicyclic) bond motifs is 1. The highest BCUT2D eigenvalue weighted by atomic mass is 35.5. The van der Waals surface area contributed by atoms with Crippen LogP contribution in [0.5, 0.6) is 0 Å². The summed E-state index contributed by atoms with van der Waals surface area (Å²) in [5.41, 5.74) is 2.68. The Balaban J connectivity index is 1.60. The average Bonchev–Trinajstić information content (AvgIpc) is 3.22. The van der Waals surface area contributed by atoms with Crippen molar-refractivity contribution in [2.45, 2.75) is 44.6 Å². The molecule has 1 unspecified atom stereocenters. The van der Waals surface area contributed by atoms with Gasteiger partial charge in [0.15, 0.2) is 5.13 Å². The van der Waals surface area contributed by atoms with E-state index in [1.807, 2.05) is 11.0 Å². The Morgan fingerprint density at radius 1 is 1.31 bits per heavy atom. The second kappa shape index (κ2) is 9.83. The third kappa shape index (κ3) is 4.86. The number of anilines is 1. The lowest BCUT2D eigenvalue weighted by Gasteiger charge is -2.35. The van der Waals surface area contributed by atoms with E-state index in [1.54, 1.807) is 25.5 Å². The van der Waals surface area contributed by atoms with Crippen molar-refractivity contribution in [3.05, 3.63) is 46.4 Å². The zero-order valence-corrected chi connectivity index (χ0v) is 19.5. The van der Waals surface area contributed by atoms with E-state index >= 15 is 0 Å². The molecule has 32 heavy (non-hydrogen) atoms. The number of amides is 2. The minimum absolute atomic E-state index is 0.153. The van der Waals surface area contributed by atoms with Gasteiger partial charge in [-0.05, 0) is 30.5 Å². The Bertz CT molecular complexity index is 1060. The number of benzene rings is 1. The highest BCUT2D eigenvalue weighted by Gasteiger charge is 2.33. The van der Waals surface area contributed by atoms with Crippen LogP contribution >= 0.6 is 22.9 Å². The van der Waals surface area contributed by atoms with Crippen LogP contribution < -0.4 is 10.6 Å². The van der Waals surface area contributed by atoms with E-state index in [-0.39, 0.29) is 11.8 Å². The molecule has 2 heterocycles. The lowest BCUT2D eigenvalue weighted by atomic mass is 9.84. The van der Waals surface area contributed by atoms with Gasteiger partial charge in [0.1, 0.15) is 10.4 Å². The smallest absolute Gasteiger partial charge is 0.251 e. The second-order valence-electron chi connectivity index (χ2n) is 8.12. The normalized spacial score (nSPS) is 17.1. The highest BCUT2D eigenvalue weighted by molar-refractivity contribution is 7.19. The predicted molar refractivity (Wildman–Crippen MR) is 130 cm³/mol. The van der Waals surface area contributed by atoms with Crippen LogP contribution in [0.25, 0.3) is 5.70 Å². The lowest BCUT2D eigenvalue weighted by Crippen LogP contribution is -2.44. The van der Waals surface area contributed by atoms with E-state index in [0.717, 1.165) is 18.4 Å². The van der Waals surface area contributed by atoms with E-state index in [4.69, 9.17) is 11.6 Å². The Kier molecular flexibility index (Phi) is 6.91. The van der Waals surface area contributed by atoms with Gasteiger partial charge in [-0.3, -0.25) is 9.59 Å². The summed E-state index contributed by atoms with van der Waals surface area (Å²) < 4.78 is 0.522. The topological polar surface area (TPSA) is 86.7 Å². The molecule has 2 aromatic rings. The molecular weight excluding hydrogens is 446 g/mol. The molecule has 0 saturated heterocycles. The maximum absolute atomic E-state index is 13.3. The van der Waals surface area contributed by atoms with Gasteiger partial charge < -0.3 is 15.5 Å². The van der Waals surface area contributed by atoms with Crippen molar-refractivity contribution in [1.82, 2.24) is 15.2 Å². The Morgan fingerprint density at radius 2 is 2.09 bits per heavy atom. The molecule has 1 aromatic carbocycles. The van der Waals surface area contributed by atoms with Gasteiger partial charge in [0, 0.05) is 23.9 Å². The van der Waals surface area contributed by atoms with Gasteiger partial charge in [-0.15, -0.1) is 0 Å². The number of hydrogen-bond acceptors (Lipinski definition) is 6. The summed E-state index contributed by atoms with van der Waals surface area (Å²) in [5.74, 6) is 0.143. The monoisotopic (exact) mass is 471 g/mol. The van der Waals surface area contributed by atoms with E-state index in [2.05, 4.69) is 27.2 Å². The highest BCUT2D eigenvalue weighted by Crippen LogP contribution is 2.36. The predicted octanol–water partition coefficient (Wildman–Crippen LogP) is 5.08. The molecule has 4 rings (SSSR count). The fourth-order valence-electron chi connectivity index (χ4n) is 4.36. The molecule has 1 atom stereocenters. The van der Waals surface area contributed by atoms with Crippen molar-refractivity contribution in [2.75, 3.05) is 12.4 Å². The molecule has 0 bridgehead atoms. The number of rotatable bonds is 6. The van der Waals surface area contributed by atoms with Crippen molar-refractivity contribution < 1.29 is 9.59 Å². The Hall–Kier alpha value is -2.71. The number of nitrogens with zero attached hydrogens (tertiary/aromatic N) is 3. The van der Waals surface area contributed by atoms with Crippen molar-refractivity contribution in [3.63, 3.8) is 0 Å². The van der Waals surface area contributed by atoms with Crippen LogP contribution in [0.3, 0.4) is 0 Å². The molecule has 1 aliphatic heterocycles. The van der Waals surface area contributed by atoms with Crippen LogP contribution in [0.1, 0.15) is 54.4 Å². The molecule has 1 saturated carbocycles. The first-order valence-electron chi connectivity index (χ1n) is 10.8. The zero-order valence-electron chi connectivity index (χ0n) is 17.9. The summed E-state index contributed by atoms with van der Waals surface area (Å²) in [4.78, 5) is 35.9. The largest absolute Gasteiger partial charge is 0.355 e. The minimum atomic E-state index is -0.469.